The van der Waals surface area contributed by atoms with Crippen LogP contribution in [0.25, 0.3) is 0 Å². The first-order valence-electron chi connectivity index (χ1n) is 10.5. The van der Waals surface area contributed by atoms with Gasteiger partial charge < -0.3 is 9.88 Å². The average Bonchev–Trinajstić information content (AvgIpc) is 3.28. The number of aromatic nitrogens is 3. The molecule has 3 aliphatic rings. The van der Waals surface area contributed by atoms with Crippen LogP contribution in [0.2, 0.25) is 0 Å². The van der Waals surface area contributed by atoms with E-state index in [1.54, 1.807) is 0 Å². The molecule has 1 saturated heterocycles. The molecule has 160 valence electrons. The Hall–Kier alpha value is -2.33. The number of aryl methyl sites for hydroxylation is 2. The molecule has 1 unspecified atom stereocenters. The molecule has 0 saturated carbocycles. The third-order valence-corrected chi connectivity index (χ3v) is 8.20. The van der Waals surface area contributed by atoms with Crippen LogP contribution in [0.4, 0.5) is 10.1 Å². The summed E-state index contributed by atoms with van der Waals surface area (Å²) in [7, 11) is -4.06. The van der Waals surface area contributed by atoms with Crippen molar-refractivity contribution in [3.05, 3.63) is 35.2 Å². The number of carbonyl (C=O) groups excluding carboxylic acids is 1. The second-order valence-corrected chi connectivity index (χ2v) is 10.1. The van der Waals surface area contributed by atoms with Crippen LogP contribution in [-0.4, -0.2) is 39.9 Å². The third-order valence-electron chi connectivity index (χ3n) is 6.28. The molecule has 5 rings (SSSR count). The minimum absolute atomic E-state index is 0.190. The zero-order chi connectivity index (χ0) is 20.9. The monoisotopic (exact) mass is 433 g/mol. The van der Waals surface area contributed by atoms with E-state index in [2.05, 4.69) is 20.1 Å². The van der Waals surface area contributed by atoms with Crippen molar-refractivity contribution in [3.63, 3.8) is 0 Å². The molecule has 3 aliphatic heterocycles. The molecule has 8 nitrogen and oxygen atoms in total. The fourth-order valence-corrected chi connectivity index (χ4v) is 6.50. The van der Waals surface area contributed by atoms with E-state index in [4.69, 9.17) is 0 Å². The molecule has 0 aliphatic carbocycles. The number of fused-ring (bicyclic) bond motifs is 2. The first-order chi connectivity index (χ1) is 14.4. The minimum Gasteiger partial charge on any atom is -0.326 e. The minimum atomic E-state index is -4.06. The second-order valence-electron chi connectivity index (χ2n) is 8.20. The molecule has 0 radical (unpaired) electrons. The van der Waals surface area contributed by atoms with Gasteiger partial charge in [-0.15, -0.1) is 10.2 Å². The lowest BCUT2D eigenvalue weighted by Crippen LogP contribution is -2.33. The number of nitrogens with zero attached hydrogens (tertiary/aromatic N) is 4. The summed E-state index contributed by atoms with van der Waals surface area (Å²) in [6.45, 7) is 1.11. The van der Waals surface area contributed by atoms with Gasteiger partial charge in [0.15, 0.2) is 5.82 Å². The highest BCUT2D eigenvalue weighted by Crippen LogP contribution is 2.38. The van der Waals surface area contributed by atoms with E-state index in [9.17, 15) is 17.6 Å². The van der Waals surface area contributed by atoms with Crippen molar-refractivity contribution >= 4 is 21.6 Å². The van der Waals surface area contributed by atoms with E-state index in [0.717, 1.165) is 44.1 Å². The first-order valence-corrected chi connectivity index (χ1v) is 12.0. The maximum Gasteiger partial charge on any atom is 0.246 e. The molecule has 4 heterocycles. The fourth-order valence-electron chi connectivity index (χ4n) is 4.74. The highest BCUT2D eigenvalue weighted by Gasteiger charge is 2.41. The zero-order valence-corrected chi connectivity index (χ0v) is 17.4. The number of benzene rings is 1. The standard InChI is InChI=1S/C20H24FN5O3S/c21-14-12-15-13(7-8-19(27)22-15)11-17(14)30(28,29)26-10-4-5-16(26)20-24-23-18-6-2-1-3-9-25(18)20/h11-12,16H,1-10H2,(H,22,27). The van der Waals surface area contributed by atoms with Crippen LogP contribution in [-0.2, 0) is 34.2 Å². The lowest BCUT2D eigenvalue weighted by Gasteiger charge is -2.25. The van der Waals surface area contributed by atoms with Crippen LogP contribution in [0.15, 0.2) is 17.0 Å². The van der Waals surface area contributed by atoms with Crippen LogP contribution in [0.1, 0.15) is 61.8 Å². The Kier molecular flexibility index (Phi) is 4.85. The van der Waals surface area contributed by atoms with Crippen molar-refractivity contribution in [2.45, 2.75) is 68.8 Å². The Labute approximate surface area is 174 Å². The predicted molar refractivity (Wildman–Crippen MR) is 107 cm³/mol. The third kappa shape index (κ3) is 3.22. The fraction of sp³-hybridized carbons (Fsp3) is 0.550. The molecule has 1 amide bonds. The molecule has 10 heteroatoms. The van der Waals surface area contributed by atoms with Crippen molar-refractivity contribution in [3.8, 4) is 0 Å². The van der Waals surface area contributed by atoms with Gasteiger partial charge in [0, 0.05) is 31.6 Å². The maximum absolute atomic E-state index is 14.9. The average molecular weight is 434 g/mol. The highest BCUT2D eigenvalue weighted by molar-refractivity contribution is 7.89. The van der Waals surface area contributed by atoms with Crippen LogP contribution < -0.4 is 5.32 Å². The van der Waals surface area contributed by atoms with Crippen molar-refractivity contribution in [2.75, 3.05) is 11.9 Å². The zero-order valence-electron chi connectivity index (χ0n) is 16.6. The van der Waals surface area contributed by atoms with Crippen molar-refractivity contribution in [2.24, 2.45) is 0 Å². The van der Waals surface area contributed by atoms with Gasteiger partial charge in [0.05, 0.1) is 6.04 Å². The molecular weight excluding hydrogens is 409 g/mol. The summed E-state index contributed by atoms with van der Waals surface area (Å²) in [6, 6.07) is 2.05. The topological polar surface area (TPSA) is 97.2 Å². The summed E-state index contributed by atoms with van der Waals surface area (Å²) in [6.07, 6.45) is 6.02. The van der Waals surface area contributed by atoms with Gasteiger partial charge in [-0.25, -0.2) is 12.8 Å². The van der Waals surface area contributed by atoms with E-state index in [1.165, 1.54) is 10.4 Å². The molecule has 1 atom stereocenters. The van der Waals surface area contributed by atoms with Crippen molar-refractivity contribution in [1.82, 2.24) is 19.1 Å². The number of nitrogens with one attached hydrogen (secondary N) is 1. The summed E-state index contributed by atoms with van der Waals surface area (Å²) < 4.78 is 45.3. The number of anilines is 1. The van der Waals surface area contributed by atoms with E-state index in [0.29, 0.717) is 42.9 Å². The molecule has 1 aromatic heterocycles. The Morgan fingerprint density at radius 1 is 1.03 bits per heavy atom. The number of amides is 1. The molecule has 0 bridgehead atoms. The van der Waals surface area contributed by atoms with Crippen LogP contribution in [0.5, 0.6) is 0 Å². The SMILES string of the molecule is O=C1CCc2cc(S(=O)(=O)N3CCCC3c3nnc4n3CCCCC4)c(F)cc2N1. The Balaban J connectivity index is 1.52. The molecular formula is C20H24FN5O3S. The van der Waals surface area contributed by atoms with Gasteiger partial charge in [0.2, 0.25) is 15.9 Å². The quantitative estimate of drug-likeness (QED) is 0.802. The molecule has 2 aromatic rings. The first kappa shape index (κ1) is 19.6. The summed E-state index contributed by atoms with van der Waals surface area (Å²) in [5.41, 5.74) is 0.991. The summed E-state index contributed by atoms with van der Waals surface area (Å²) in [5.74, 6) is 0.535. The van der Waals surface area contributed by atoms with Gasteiger partial charge in [-0.3, -0.25) is 4.79 Å². The smallest absolute Gasteiger partial charge is 0.246 e. The Morgan fingerprint density at radius 2 is 1.90 bits per heavy atom. The summed E-state index contributed by atoms with van der Waals surface area (Å²) in [5, 5.41) is 11.3. The number of hydrogen-bond donors (Lipinski definition) is 1. The number of carbonyl (C=O) groups is 1. The number of sulfonamides is 1. The highest BCUT2D eigenvalue weighted by atomic mass is 32.2. The predicted octanol–water partition coefficient (Wildman–Crippen LogP) is 2.55. The van der Waals surface area contributed by atoms with Gasteiger partial charge in [0.1, 0.15) is 16.5 Å². The number of halogens is 1. The van der Waals surface area contributed by atoms with Gasteiger partial charge in [0.25, 0.3) is 0 Å². The van der Waals surface area contributed by atoms with Gasteiger partial charge in [-0.1, -0.05) is 6.42 Å². The summed E-state index contributed by atoms with van der Waals surface area (Å²) >= 11 is 0. The Morgan fingerprint density at radius 3 is 2.77 bits per heavy atom. The Bertz CT molecular complexity index is 1110. The van der Waals surface area contributed by atoms with E-state index in [1.807, 2.05) is 0 Å². The largest absolute Gasteiger partial charge is 0.326 e. The number of hydrogen-bond acceptors (Lipinski definition) is 5. The molecule has 1 N–H and O–H groups in total. The summed E-state index contributed by atoms with van der Waals surface area (Å²) in [4.78, 5) is 11.2. The molecule has 0 spiro atoms. The normalized spacial score (nSPS) is 22.3. The van der Waals surface area contributed by atoms with Crippen LogP contribution in [0.3, 0.4) is 0 Å². The number of rotatable bonds is 3. The van der Waals surface area contributed by atoms with Gasteiger partial charge >= 0.3 is 0 Å². The van der Waals surface area contributed by atoms with E-state index < -0.39 is 21.9 Å². The van der Waals surface area contributed by atoms with Crippen molar-refractivity contribution < 1.29 is 17.6 Å². The second kappa shape index (κ2) is 7.42. The molecule has 1 fully saturated rings. The maximum atomic E-state index is 14.9. The van der Waals surface area contributed by atoms with Crippen molar-refractivity contribution in [1.29, 1.82) is 0 Å². The van der Waals surface area contributed by atoms with Crippen LogP contribution >= 0.6 is 0 Å². The van der Waals surface area contributed by atoms with E-state index in [-0.39, 0.29) is 17.2 Å². The van der Waals surface area contributed by atoms with Gasteiger partial charge in [-0.2, -0.15) is 4.31 Å². The van der Waals surface area contributed by atoms with Gasteiger partial charge in [-0.05, 0) is 49.8 Å². The van der Waals surface area contributed by atoms with Crippen LogP contribution in [0, 0.1) is 5.82 Å². The molecule has 1 aromatic carbocycles. The van der Waals surface area contributed by atoms with E-state index >= 15 is 0 Å². The molecule has 30 heavy (non-hydrogen) atoms. The lowest BCUT2D eigenvalue weighted by atomic mass is 10.0. The lowest BCUT2D eigenvalue weighted by molar-refractivity contribution is -0.116.